The number of nitrogens with zero attached hydrogens (tertiary/aromatic N) is 1. The predicted molar refractivity (Wildman–Crippen MR) is 78.0 cm³/mol. The normalized spacial score (nSPS) is 14.4. The van der Waals surface area contributed by atoms with Crippen LogP contribution < -0.4 is 5.32 Å². The van der Waals surface area contributed by atoms with E-state index in [-0.39, 0.29) is 17.9 Å². The molecule has 2 unspecified atom stereocenters. The van der Waals surface area contributed by atoms with Crippen molar-refractivity contribution in [3.05, 3.63) is 51.2 Å². The lowest BCUT2D eigenvalue weighted by atomic mass is 10.0. The molecule has 0 aliphatic heterocycles. The molecule has 0 aliphatic carbocycles. The van der Waals surface area contributed by atoms with E-state index in [9.17, 15) is 4.39 Å². The summed E-state index contributed by atoms with van der Waals surface area (Å²) in [4.78, 5) is 5.50. The minimum atomic E-state index is -0.146. The Hall–Kier alpha value is -1.26. The molecule has 0 aliphatic rings. The molecule has 1 aromatic carbocycles. The molecule has 4 heteroatoms. The lowest BCUT2D eigenvalue weighted by Gasteiger charge is -2.20. The second-order valence-electron chi connectivity index (χ2n) is 4.92. The van der Waals surface area contributed by atoms with Crippen LogP contribution in [0.1, 0.15) is 47.6 Å². The van der Waals surface area contributed by atoms with Crippen molar-refractivity contribution in [3.63, 3.8) is 0 Å². The van der Waals surface area contributed by atoms with Crippen LogP contribution in [0, 0.1) is 19.7 Å². The lowest BCUT2D eigenvalue weighted by Crippen LogP contribution is -2.22. The van der Waals surface area contributed by atoms with Gasteiger partial charge in [0, 0.05) is 17.0 Å². The van der Waals surface area contributed by atoms with Gasteiger partial charge in [0.25, 0.3) is 0 Å². The van der Waals surface area contributed by atoms with Gasteiger partial charge in [0.05, 0.1) is 11.2 Å². The molecule has 0 saturated carbocycles. The topological polar surface area (TPSA) is 24.9 Å². The van der Waals surface area contributed by atoms with Gasteiger partial charge in [0.2, 0.25) is 0 Å². The van der Waals surface area contributed by atoms with E-state index < -0.39 is 0 Å². The van der Waals surface area contributed by atoms with E-state index in [4.69, 9.17) is 0 Å². The maximum Gasteiger partial charge on any atom is 0.126 e. The van der Waals surface area contributed by atoms with E-state index in [1.165, 1.54) is 4.88 Å². The molecular weight excluding hydrogens is 259 g/mol. The van der Waals surface area contributed by atoms with E-state index in [0.717, 1.165) is 11.3 Å². The van der Waals surface area contributed by atoms with Crippen molar-refractivity contribution in [2.75, 3.05) is 0 Å². The van der Waals surface area contributed by atoms with Crippen molar-refractivity contribution in [1.29, 1.82) is 0 Å². The van der Waals surface area contributed by atoms with Crippen LogP contribution in [0.2, 0.25) is 0 Å². The molecule has 2 rings (SSSR count). The zero-order chi connectivity index (χ0) is 14.0. The molecule has 0 amide bonds. The van der Waals surface area contributed by atoms with Crippen LogP contribution >= 0.6 is 11.3 Å². The van der Waals surface area contributed by atoms with E-state index in [1.54, 1.807) is 24.3 Å². The van der Waals surface area contributed by atoms with Crippen molar-refractivity contribution in [1.82, 2.24) is 10.3 Å². The Bertz CT molecular complexity index is 565. The maximum atomic E-state index is 13.6. The first-order valence-electron chi connectivity index (χ1n) is 6.41. The second kappa shape index (κ2) is 5.80. The summed E-state index contributed by atoms with van der Waals surface area (Å²) in [5.41, 5.74) is 4.57. The molecule has 1 aromatic heterocycles. The van der Waals surface area contributed by atoms with Crippen LogP contribution in [-0.2, 0) is 0 Å². The van der Waals surface area contributed by atoms with Gasteiger partial charge in [-0.1, -0.05) is 12.1 Å². The monoisotopic (exact) mass is 278 g/mol. The third-order valence-electron chi connectivity index (χ3n) is 3.37. The molecule has 0 bridgehead atoms. The average Bonchev–Trinajstić information content (AvgIpc) is 2.79. The minimum Gasteiger partial charge on any atom is -0.303 e. The second-order valence-corrected chi connectivity index (χ2v) is 5.81. The predicted octanol–water partition coefficient (Wildman–Crippen LogP) is 4.31. The molecule has 0 saturated heterocycles. The number of rotatable bonds is 4. The van der Waals surface area contributed by atoms with Crippen LogP contribution in [0.15, 0.2) is 23.7 Å². The van der Waals surface area contributed by atoms with Crippen molar-refractivity contribution in [3.8, 4) is 0 Å². The molecule has 2 nitrogen and oxygen atoms in total. The summed E-state index contributed by atoms with van der Waals surface area (Å²) in [6, 6.07) is 5.73. The van der Waals surface area contributed by atoms with Gasteiger partial charge in [-0.2, -0.15) is 0 Å². The van der Waals surface area contributed by atoms with Crippen LogP contribution in [0.4, 0.5) is 4.39 Å². The molecule has 102 valence electrons. The van der Waals surface area contributed by atoms with Gasteiger partial charge < -0.3 is 5.32 Å². The van der Waals surface area contributed by atoms with Gasteiger partial charge >= 0.3 is 0 Å². The zero-order valence-corrected chi connectivity index (χ0v) is 12.5. The number of thiazole rings is 1. The summed E-state index contributed by atoms with van der Waals surface area (Å²) in [6.45, 7) is 7.96. The number of nitrogens with one attached hydrogen (secondary N) is 1. The van der Waals surface area contributed by atoms with Gasteiger partial charge in [0.1, 0.15) is 5.82 Å². The molecule has 2 aromatic rings. The van der Waals surface area contributed by atoms with Crippen molar-refractivity contribution < 1.29 is 4.39 Å². The molecule has 1 heterocycles. The molecular formula is C15H19FN2S. The number of hydrogen-bond donors (Lipinski definition) is 1. The Kier molecular flexibility index (Phi) is 4.32. The Balaban J connectivity index is 2.10. The summed E-state index contributed by atoms with van der Waals surface area (Å²) in [5, 5.41) is 3.49. The fourth-order valence-corrected chi connectivity index (χ4v) is 2.97. The van der Waals surface area contributed by atoms with Gasteiger partial charge in [-0.3, -0.25) is 0 Å². The number of halogens is 1. The molecule has 1 N–H and O–H groups in total. The largest absolute Gasteiger partial charge is 0.303 e. The third-order valence-corrected chi connectivity index (χ3v) is 4.49. The van der Waals surface area contributed by atoms with Crippen LogP contribution in [-0.4, -0.2) is 4.98 Å². The third kappa shape index (κ3) is 3.19. The highest BCUT2D eigenvalue weighted by atomic mass is 32.1. The fourth-order valence-electron chi connectivity index (χ4n) is 2.15. The van der Waals surface area contributed by atoms with Gasteiger partial charge in [-0.25, -0.2) is 9.37 Å². The number of aromatic nitrogens is 1. The molecule has 0 fully saturated rings. The number of benzene rings is 1. The Morgan fingerprint density at radius 3 is 2.53 bits per heavy atom. The Morgan fingerprint density at radius 2 is 1.95 bits per heavy atom. The molecule has 0 spiro atoms. The van der Waals surface area contributed by atoms with Crippen molar-refractivity contribution >= 4 is 11.3 Å². The van der Waals surface area contributed by atoms with E-state index in [1.807, 2.05) is 24.6 Å². The summed E-state index contributed by atoms with van der Waals surface area (Å²) in [6.07, 6.45) is 0. The summed E-state index contributed by atoms with van der Waals surface area (Å²) < 4.78 is 13.6. The average molecular weight is 278 g/mol. The first-order chi connectivity index (χ1) is 8.99. The van der Waals surface area contributed by atoms with Crippen molar-refractivity contribution in [2.45, 2.75) is 39.8 Å². The minimum absolute atomic E-state index is 0.103. The zero-order valence-electron chi connectivity index (χ0n) is 11.7. The first-order valence-corrected chi connectivity index (χ1v) is 7.29. The fraction of sp³-hybridized carbons (Fsp3) is 0.400. The van der Waals surface area contributed by atoms with Crippen LogP contribution in [0.5, 0.6) is 0 Å². The van der Waals surface area contributed by atoms with E-state index in [2.05, 4.69) is 24.1 Å². The SMILES string of the molecule is Cc1ccc(C(C)NC(C)c2scnc2C)cc1F. The Morgan fingerprint density at radius 1 is 1.21 bits per heavy atom. The lowest BCUT2D eigenvalue weighted by molar-refractivity contribution is 0.495. The van der Waals surface area contributed by atoms with Gasteiger partial charge in [-0.05, 0) is 44.9 Å². The maximum absolute atomic E-state index is 13.6. The van der Waals surface area contributed by atoms with Gasteiger partial charge in [0.15, 0.2) is 0 Å². The number of aryl methyl sites for hydroxylation is 2. The Labute approximate surface area is 117 Å². The quantitative estimate of drug-likeness (QED) is 0.901. The van der Waals surface area contributed by atoms with Crippen molar-refractivity contribution in [2.24, 2.45) is 0 Å². The molecule has 19 heavy (non-hydrogen) atoms. The smallest absolute Gasteiger partial charge is 0.126 e. The summed E-state index contributed by atoms with van der Waals surface area (Å²) in [5.74, 6) is -0.146. The van der Waals surface area contributed by atoms with Crippen LogP contribution in [0.25, 0.3) is 0 Å². The molecule has 2 atom stereocenters. The number of hydrogen-bond acceptors (Lipinski definition) is 3. The van der Waals surface area contributed by atoms with Crippen LogP contribution in [0.3, 0.4) is 0 Å². The van der Waals surface area contributed by atoms with E-state index in [0.29, 0.717) is 5.56 Å². The standard InChI is InChI=1S/C15H19FN2S/c1-9-5-6-13(7-14(9)16)10(2)18-12(4)15-11(3)17-8-19-15/h5-8,10,12,18H,1-4H3. The molecule has 0 radical (unpaired) electrons. The highest BCUT2D eigenvalue weighted by Crippen LogP contribution is 2.25. The summed E-state index contributed by atoms with van der Waals surface area (Å²) in [7, 11) is 0. The summed E-state index contributed by atoms with van der Waals surface area (Å²) >= 11 is 1.65. The van der Waals surface area contributed by atoms with Gasteiger partial charge in [-0.15, -0.1) is 11.3 Å². The van der Waals surface area contributed by atoms with E-state index >= 15 is 0 Å². The highest BCUT2D eigenvalue weighted by molar-refractivity contribution is 7.09. The first kappa shape index (κ1) is 14.2. The highest BCUT2D eigenvalue weighted by Gasteiger charge is 2.15.